The van der Waals surface area contributed by atoms with E-state index in [-0.39, 0.29) is 0 Å². The quantitative estimate of drug-likeness (QED) is 0.905. The van der Waals surface area contributed by atoms with Crippen LogP contribution in [0.15, 0.2) is 36.7 Å². The number of likely N-dealkylation sites (N-methyl/N-ethyl adjacent to an activating group) is 1. The lowest BCUT2D eigenvalue weighted by molar-refractivity contribution is 0.270. The molecule has 1 aliphatic heterocycles. The number of hydrogen-bond acceptors (Lipinski definition) is 6. The van der Waals surface area contributed by atoms with Gasteiger partial charge in [0, 0.05) is 39.8 Å². The number of nitrogen functional groups attached to an aromatic ring is 1. The van der Waals surface area contributed by atoms with E-state index in [0.717, 1.165) is 50.9 Å². The van der Waals surface area contributed by atoms with Crippen molar-refractivity contribution in [3.63, 3.8) is 0 Å². The average molecular weight is 326 g/mol. The summed E-state index contributed by atoms with van der Waals surface area (Å²) >= 11 is 0. The summed E-state index contributed by atoms with van der Waals surface area (Å²) in [4.78, 5) is 15.7. The van der Waals surface area contributed by atoms with E-state index in [1.54, 1.807) is 6.33 Å². The Balaban J connectivity index is 1.76. The molecule has 0 aliphatic carbocycles. The fourth-order valence-corrected chi connectivity index (χ4v) is 3.14. The van der Waals surface area contributed by atoms with E-state index in [9.17, 15) is 0 Å². The molecule has 1 aromatic carbocycles. The zero-order valence-corrected chi connectivity index (χ0v) is 14.5. The lowest BCUT2D eigenvalue weighted by Gasteiger charge is -2.35. The van der Waals surface area contributed by atoms with E-state index >= 15 is 0 Å². The molecule has 2 aromatic rings. The molecule has 24 heavy (non-hydrogen) atoms. The van der Waals surface area contributed by atoms with Crippen LogP contribution < -0.4 is 15.5 Å². The van der Waals surface area contributed by atoms with E-state index in [4.69, 9.17) is 5.73 Å². The van der Waals surface area contributed by atoms with E-state index in [2.05, 4.69) is 43.7 Å². The number of nitrogens with zero attached hydrogens (tertiary/aromatic N) is 5. The topological polar surface area (TPSA) is 61.5 Å². The molecule has 6 heteroatoms. The Bertz CT molecular complexity index is 652. The van der Waals surface area contributed by atoms with Crippen molar-refractivity contribution in [3.05, 3.63) is 42.2 Å². The summed E-state index contributed by atoms with van der Waals surface area (Å²) in [7, 11) is 2.02. The first-order valence-electron chi connectivity index (χ1n) is 8.52. The summed E-state index contributed by atoms with van der Waals surface area (Å²) in [5.74, 6) is 1.65. The van der Waals surface area contributed by atoms with Crippen LogP contribution in [-0.2, 0) is 6.54 Å². The van der Waals surface area contributed by atoms with Crippen molar-refractivity contribution in [1.29, 1.82) is 0 Å². The van der Waals surface area contributed by atoms with Crippen LogP contribution in [-0.4, -0.2) is 54.6 Å². The van der Waals surface area contributed by atoms with E-state index in [1.165, 1.54) is 5.56 Å². The van der Waals surface area contributed by atoms with E-state index < -0.39 is 0 Å². The second-order valence-corrected chi connectivity index (χ2v) is 6.20. The lowest BCUT2D eigenvalue weighted by Crippen LogP contribution is -2.46. The fourth-order valence-electron chi connectivity index (χ4n) is 3.14. The van der Waals surface area contributed by atoms with Crippen LogP contribution in [0.4, 0.5) is 17.3 Å². The summed E-state index contributed by atoms with van der Waals surface area (Å²) in [6.45, 7) is 8.08. The zero-order valence-electron chi connectivity index (χ0n) is 14.5. The van der Waals surface area contributed by atoms with Gasteiger partial charge < -0.3 is 20.4 Å². The van der Waals surface area contributed by atoms with Gasteiger partial charge >= 0.3 is 0 Å². The second kappa shape index (κ2) is 7.49. The van der Waals surface area contributed by atoms with Crippen LogP contribution in [0.5, 0.6) is 0 Å². The number of anilines is 3. The molecular weight excluding hydrogens is 300 g/mol. The normalized spacial score (nSPS) is 15.5. The summed E-state index contributed by atoms with van der Waals surface area (Å²) in [5, 5.41) is 0. The van der Waals surface area contributed by atoms with Gasteiger partial charge in [0.15, 0.2) is 11.6 Å². The van der Waals surface area contributed by atoms with Gasteiger partial charge in [-0.15, -0.1) is 0 Å². The molecule has 1 aromatic heterocycles. The predicted octanol–water partition coefficient (Wildman–Crippen LogP) is 1.84. The standard InChI is InChI=1S/C18H26N6/c1-3-23-9-11-24(12-10-23)18-16(19)17(20-14-21-18)22(2)13-15-7-5-4-6-8-15/h4-8,14H,3,9-13,19H2,1-2H3. The number of hydrogen-bond donors (Lipinski definition) is 1. The number of nitrogens with two attached hydrogens (primary N) is 1. The first-order valence-corrected chi connectivity index (χ1v) is 8.52. The second-order valence-electron chi connectivity index (χ2n) is 6.20. The summed E-state index contributed by atoms with van der Waals surface area (Å²) in [6.07, 6.45) is 1.62. The highest BCUT2D eigenvalue weighted by atomic mass is 15.3. The van der Waals surface area contributed by atoms with Crippen LogP contribution in [0.1, 0.15) is 12.5 Å². The monoisotopic (exact) mass is 326 g/mol. The van der Waals surface area contributed by atoms with Crippen molar-refractivity contribution in [2.45, 2.75) is 13.5 Å². The van der Waals surface area contributed by atoms with Gasteiger partial charge in [-0.3, -0.25) is 0 Å². The molecule has 2 heterocycles. The first kappa shape index (κ1) is 16.5. The minimum atomic E-state index is 0.667. The van der Waals surface area contributed by atoms with Gasteiger partial charge in [0.05, 0.1) is 0 Å². The highest BCUT2D eigenvalue weighted by Gasteiger charge is 2.21. The molecule has 3 rings (SSSR count). The molecule has 128 valence electrons. The van der Waals surface area contributed by atoms with E-state index in [1.807, 2.05) is 25.2 Å². The van der Waals surface area contributed by atoms with Crippen LogP contribution in [0.3, 0.4) is 0 Å². The number of piperazine rings is 1. The van der Waals surface area contributed by atoms with Gasteiger partial charge in [-0.2, -0.15) is 0 Å². The van der Waals surface area contributed by atoms with Crippen molar-refractivity contribution in [3.8, 4) is 0 Å². The van der Waals surface area contributed by atoms with E-state index in [0.29, 0.717) is 5.69 Å². The molecule has 1 aliphatic rings. The Labute approximate surface area is 143 Å². The smallest absolute Gasteiger partial charge is 0.157 e. The van der Waals surface area contributed by atoms with Crippen molar-refractivity contribution in [2.24, 2.45) is 0 Å². The third-order valence-electron chi connectivity index (χ3n) is 4.59. The molecular formula is C18H26N6. The largest absolute Gasteiger partial charge is 0.393 e. The molecule has 0 radical (unpaired) electrons. The Kier molecular flexibility index (Phi) is 5.15. The predicted molar refractivity (Wildman–Crippen MR) is 99.3 cm³/mol. The maximum Gasteiger partial charge on any atom is 0.157 e. The summed E-state index contributed by atoms with van der Waals surface area (Å²) in [6, 6.07) is 10.3. The third-order valence-corrected chi connectivity index (χ3v) is 4.59. The molecule has 0 amide bonds. The van der Waals surface area contributed by atoms with Crippen molar-refractivity contribution in [2.75, 3.05) is 55.3 Å². The SMILES string of the molecule is CCN1CCN(c2ncnc(N(C)Cc3ccccc3)c2N)CC1. The zero-order chi connectivity index (χ0) is 16.9. The van der Waals surface area contributed by atoms with Gasteiger partial charge in [-0.25, -0.2) is 9.97 Å². The first-order chi connectivity index (χ1) is 11.7. The Morgan fingerprint density at radius 1 is 1.08 bits per heavy atom. The number of benzene rings is 1. The minimum absolute atomic E-state index is 0.667. The lowest BCUT2D eigenvalue weighted by atomic mass is 10.2. The van der Waals surface area contributed by atoms with Gasteiger partial charge in [-0.05, 0) is 12.1 Å². The maximum absolute atomic E-state index is 6.41. The molecule has 0 unspecified atom stereocenters. The highest BCUT2D eigenvalue weighted by molar-refractivity contribution is 5.75. The van der Waals surface area contributed by atoms with Crippen LogP contribution in [0.2, 0.25) is 0 Å². The van der Waals surface area contributed by atoms with Crippen molar-refractivity contribution < 1.29 is 0 Å². The molecule has 0 bridgehead atoms. The third kappa shape index (κ3) is 3.59. The molecule has 1 fully saturated rings. The minimum Gasteiger partial charge on any atom is -0.393 e. The molecule has 6 nitrogen and oxygen atoms in total. The Morgan fingerprint density at radius 3 is 2.46 bits per heavy atom. The van der Waals surface area contributed by atoms with Gasteiger partial charge in [0.2, 0.25) is 0 Å². The van der Waals surface area contributed by atoms with Crippen LogP contribution >= 0.6 is 0 Å². The molecule has 2 N–H and O–H groups in total. The number of aromatic nitrogens is 2. The highest BCUT2D eigenvalue weighted by Crippen LogP contribution is 2.29. The Hall–Kier alpha value is -2.34. The van der Waals surface area contributed by atoms with Crippen molar-refractivity contribution in [1.82, 2.24) is 14.9 Å². The van der Waals surface area contributed by atoms with Crippen LogP contribution in [0.25, 0.3) is 0 Å². The average Bonchev–Trinajstić information content (AvgIpc) is 2.63. The molecule has 1 saturated heterocycles. The summed E-state index contributed by atoms with van der Waals surface area (Å²) < 4.78 is 0. The molecule has 0 atom stereocenters. The fraction of sp³-hybridized carbons (Fsp3) is 0.444. The Morgan fingerprint density at radius 2 is 1.79 bits per heavy atom. The van der Waals surface area contributed by atoms with Gasteiger partial charge in [-0.1, -0.05) is 37.3 Å². The van der Waals surface area contributed by atoms with Gasteiger partial charge in [0.25, 0.3) is 0 Å². The van der Waals surface area contributed by atoms with Crippen molar-refractivity contribution >= 4 is 17.3 Å². The van der Waals surface area contributed by atoms with Crippen LogP contribution in [0, 0.1) is 0 Å². The summed E-state index contributed by atoms with van der Waals surface area (Å²) in [5.41, 5.74) is 8.31. The maximum atomic E-state index is 6.41. The number of rotatable bonds is 5. The van der Waals surface area contributed by atoms with Gasteiger partial charge in [0.1, 0.15) is 12.0 Å². The molecule has 0 saturated carbocycles. The molecule has 0 spiro atoms.